The summed E-state index contributed by atoms with van der Waals surface area (Å²) in [5.74, 6) is 0.796. The van der Waals surface area contributed by atoms with Crippen LogP contribution in [0.3, 0.4) is 0 Å². The number of anilines is 1. The van der Waals surface area contributed by atoms with Crippen LogP contribution in [0.1, 0.15) is 18.4 Å². The molecular weight excluding hydrogens is 299 g/mol. The number of fused-ring (bicyclic) bond motifs is 1. The van der Waals surface area contributed by atoms with Gasteiger partial charge in [0.2, 0.25) is 0 Å². The van der Waals surface area contributed by atoms with Gasteiger partial charge in [-0.25, -0.2) is 0 Å². The number of hydrazone groups is 1. The number of halogens is 3. The molecule has 2 atom stereocenters. The molecule has 5 nitrogen and oxygen atoms in total. The van der Waals surface area contributed by atoms with E-state index in [4.69, 9.17) is 0 Å². The van der Waals surface area contributed by atoms with Crippen molar-refractivity contribution in [2.75, 3.05) is 5.43 Å². The molecule has 0 heterocycles. The van der Waals surface area contributed by atoms with E-state index in [0.717, 1.165) is 30.7 Å². The molecule has 0 amide bonds. The maximum absolute atomic E-state index is 12.6. The molecule has 1 aromatic rings. The van der Waals surface area contributed by atoms with Crippen LogP contribution in [0.4, 0.5) is 24.5 Å². The van der Waals surface area contributed by atoms with E-state index in [1.807, 2.05) is 0 Å². The second kappa shape index (κ2) is 5.11. The van der Waals surface area contributed by atoms with Gasteiger partial charge in [-0.1, -0.05) is 12.2 Å². The lowest BCUT2D eigenvalue weighted by molar-refractivity contribution is -0.384. The quantitative estimate of drug-likeness (QED) is 0.521. The summed E-state index contributed by atoms with van der Waals surface area (Å²) in [6.45, 7) is 0. The van der Waals surface area contributed by atoms with Gasteiger partial charge in [0, 0.05) is 17.7 Å². The van der Waals surface area contributed by atoms with Gasteiger partial charge < -0.3 is 0 Å². The fraction of sp³-hybridized carbons (Fsp3) is 0.357. The third kappa shape index (κ3) is 2.56. The molecule has 3 rings (SSSR count). The summed E-state index contributed by atoms with van der Waals surface area (Å²) in [5.41, 5.74) is 1.70. The van der Waals surface area contributed by atoms with E-state index in [1.165, 1.54) is 0 Å². The van der Waals surface area contributed by atoms with E-state index in [2.05, 4.69) is 22.7 Å². The van der Waals surface area contributed by atoms with E-state index in [1.54, 1.807) is 0 Å². The summed E-state index contributed by atoms with van der Waals surface area (Å²) in [4.78, 5) is 10.1. The van der Waals surface area contributed by atoms with E-state index in [-0.39, 0.29) is 5.69 Å². The van der Waals surface area contributed by atoms with Crippen molar-refractivity contribution in [3.05, 3.63) is 46.0 Å². The van der Waals surface area contributed by atoms with Crippen LogP contribution in [0.25, 0.3) is 0 Å². The predicted molar refractivity (Wildman–Crippen MR) is 74.5 cm³/mol. The zero-order chi connectivity index (χ0) is 15.9. The summed E-state index contributed by atoms with van der Waals surface area (Å²) in [5, 5.41) is 15.1. The predicted octanol–water partition coefficient (Wildman–Crippen LogP) is 3.98. The first-order valence-corrected chi connectivity index (χ1v) is 6.71. The molecule has 116 valence electrons. The molecule has 1 saturated carbocycles. The number of rotatable bonds is 3. The van der Waals surface area contributed by atoms with Crippen molar-refractivity contribution in [1.82, 2.24) is 0 Å². The van der Waals surface area contributed by atoms with Gasteiger partial charge >= 0.3 is 6.18 Å². The lowest BCUT2D eigenvalue weighted by Gasteiger charge is -2.31. The SMILES string of the molecule is O=[N+]([O-])c1cc(C(F)(F)F)ccc1N/N=C1/C[C@H]2C=CC[C@H]12. The average molecular weight is 311 g/mol. The van der Waals surface area contributed by atoms with Gasteiger partial charge in [0.25, 0.3) is 5.69 Å². The molecule has 1 fully saturated rings. The van der Waals surface area contributed by atoms with Crippen LogP contribution in [0.5, 0.6) is 0 Å². The highest BCUT2D eigenvalue weighted by atomic mass is 19.4. The highest BCUT2D eigenvalue weighted by Gasteiger charge is 2.38. The van der Waals surface area contributed by atoms with Crippen molar-refractivity contribution < 1.29 is 18.1 Å². The summed E-state index contributed by atoms with van der Waals surface area (Å²) in [7, 11) is 0. The largest absolute Gasteiger partial charge is 0.416 e. The Balaban J connectivity index is 1.81. The zero-order valence-electron chi connectivity index (χ0n) is 11.3. The van der Waals surface area contributed by atoms with Crippen molar-refractivity contribution in [2.24, 2.45) is 16.9 Å². The number of hydrogen-bond acceptors (Lipinski definition) is 4. The molecule has 0 aliphatic heterocycles. The van der Waals surface area contributed by atoms with Gasteiger partial charge in [-0.3, -0.25) is 15.5 Å². The number of hydrogen-bond donors (Lipinski definition) is 1. The number of benzene rings is 1. The molecule has 0 spiro atoms. The summed E-state index contributed by atoms with van der Waals surface area (Å²) in [6, 6.07) is 2.35. The van der Waals surface area contributed by atoms with Crippen molar-refractivity contribution >= 4 is 17.1 Å². The Bertz CT molecular complexity index is 682. The fourth-order valence-electron chi connectivity index (χ4n) is 2.75. The van der Waals surface area contributed by atoms with Crippen LogP contribution in [-0.4, -0.2) is 10.6 Å². The first-order valence-electron chi connectivity index (χ1n) is 6.71. The van der Waals surface area contributed by atoms with Gasteiger partial charge in [-0.15, -0.1) is 0 Å². The molecule has 1 N–H and O–H groups in total. The van der Waals surface area contributed by atoms with Crippen LogP contribution < -0.4 is 5.43 Å². The molecular formula is C14H12F3N3O2. The Morgan fingerprint density at radius 3 is 2.77 bits per heavy atom. The second-order valence-electron chi connectivity index (χ2n) is 5.34. The number of nitro benzene ring substituents is 1. The van der Waals surface area contributed by atoms with Gasteiger partial charge in [-0.05, 0) is 30.9 Å². The molecule has 1 aromatic carbocycles. The summed E-state index contributed by atoms with van der Waals surface area (Å²) in [6.07, 6.45) is 1.23. The standard InChI is InChI=1S/C14H12F3N3O2/c15-14(16,17)9-4-5-11(13(7-9)20(21)22)18-19-12-6-8-2-1-3-10(8)12/h1-2,4-5,7-8,10,18H,3,6H2/b19-12-/t8-,10+/m1/s1. The average Bonchev–Trinajstić information content (AvgIpc) is 2.79. The minimum atomic E-state index is -4.62. The van der Waals surface area contributed by atoms with Gasteiger partial charge in [0.15, 0.2) is 0 Å². The Kier molecular flexibility index (Phi) is 3.38. The Morgan fingerprint density at radius 1 is 1.36 bits per heavy atom. The highest BCUT2D eigenvalue weighted by molar-refractivity contribution is 5.94. The molecule has 22 heavy (non-hydrogen) atoms. The van der Waals surface area contributed by atoms with Gasteiger partial charge in [0.05, 0.1) is 10.5 Å². The van der Waals surface area contributed by atoms with Crippen LogP contribution in [-0.2, 0) is 6.18 Å². The number of nitrogens with one attached hydrogen (secondary N) is 1. The number of allylic oxidation sites excluding steroid dienone is 2. The van der Waals surface area contributed by atoms with Crippen molar-refractivity contribution in [3.63, 3.8) is 0 Å². The zero-order valence-corrected chi connectivity index (χ0v) is 11.3. The van der Waals surface area contributed by atoms with Crippen molar-refractivity contribution in [1.29, 1.82) is 0 Å². The van der Waals surface area contributed by atoms with Crippen LogP contribution >= 0.6 is 0 Å². The maximum Gasteiger partial charge on any atom is 0.416 e. The molecule has 8 heteroatoms. The van der Waals surface area contributed by atoms with Crippen molar-refractivity contribution in [2.45, 2.75) is 19.0 Å². The lowest BCUT2D eigenvalue weighted by atomic mass is 9.74. The molecule has 2 aliphatic rings. The number of alkyl halides is 3. The van der Waals surface area contributed by atoms with Crippen LogP contribution in [0, 0.1) is 22.0 Å². The normalized spacial score (nSPS) is 25.0. The van der Waals surface area contributed by atoms with Gasteiger partial charge in [-0.2, -0.15) is 18.3 Å². The van der Waals surface area contributed by atoms with E-state index in [0.29, 0.717) is 17.9 Å². The van der Waals surface area contributed by atoms with E-state index < -0.39 is 22.4 Å². The smallest absolute Gasteiger partial charge is 0.272 e. The Labute approximate surface area is 123 Å². The third-order valence-corrected chi connectivity index (χ3v) is 4.00. The molecule has 2 aliphatic carbocycles. The summed E-state index contributed by atoms with van der Waals surface area (Å²) < 4.78 is 37.8. The van der Waals surface area contributed by atoms with E-state index in [9.17, 15) is 23.3 Å². The third-order valence-electron chi connectivity index (χ3n) is 4.00. The maximum atomic E-state index is 12.6. The van der Waals surface area contributed by atoms with Crippen LogP contribution in [0.15, 0.2) is 35.5 Å². The minimum Gasteiger partial charge on any atom is -0.272 e. The highest BCUT2D eigenvalue weighted by Crippen LogP contribution is 2.40. The van der Waals surface area contributed by atoms with Crippen molar-refractivity contribution in [3.8, 4) is 0 Å². The second-order valence-corrected chi connectivity index (χ2v) is 5.34. The fourth-order valence-corrected chi connectivity index (χ4v) is 2.75. The lowest BCUT2D eigenvalue weighted by Crippen LogP contribution is -2.33. The molecule has 0 aromatic heterocycles. The summed E-state index contributed by atoms with van der Waals surface area (Å²) >= 11 is 0. The number of nitro groups is 1. The number of nitrogens with zero attached hydrogens (tertiary/aromatic N) is 2. The van der Waals surface area contributed by atoms with Crippen LogP contribution in [0.2, 0.25) is 0 Å². The molecule has 0 unspecified atom stereocenters. The first kappa shape index (κ1) is 14.6. The van der Waals surface area contributed by atoms with Gasteiger partial charge in [0.1, 0.15) is 5.69 Å². The topological polar surface area (TPSA) is 67.5 Å². The Morgan fingerprint density at radius 2 is 2.14 bits per heavy atom. The Hall–Kier alpha value is -2.38. The molecule has 0 bridgehead atoms. The first-order chi connectivity index (χ1) is 10.4. The minimum absolute atomic E-state index is 0.0418. The van der Waals surface area contributed by atoms with E-state index >= 15 is 0 Å². The monoisotopic (exact) mass is 311 g/mol. The molecule has 0 saturated heterocycles. The molecule has 0 radical (unpaired) electrons.